The molecular formula is C30H32N8O2. The molecule has 0 fully saturated rings. The molecule has 6 rings (SSSR count). The summed E-state index contributed by atoms with van der Waals surface area (Å²) in [5, 5.41) is 17.3. The zero-order valence-electron chi connectivity index (χ0n) is 23.0. The molecule has 5 aromatic rings. The van der Waals surface area contributed by atoms with Crippen molar-refractivity contribution in [2.45, 2.75) is 13.1 Å². The minimum absolute atomic E-state index is 0.330. The van der Waals surface area contributed by atoms with Crippen molar-refractivity contribution >= 4 is 0 Å². The first-order chi connectivity index (χ1) is 19.5. The summed E-state index contributed by atoms with van der Waals surface area (Å²) in [5.74, 6) is 1.59. The fourth-order valence-electron chi connectivity index (χ4n) is 4.81. The van der Waals surface area contributed by atoms with E-state index in [1.54, 1.807) is 0 Å². The molecule has 40 heavy (non-hydrogen) atoms. The Hall–Kier alpha value is -4.25. The summed E-state index contributed by atoms with van der Waals surface area (Å²) in [5.41, 5.74) is 5.17. The molecule has 2 aromatic carbocycles. The second kappa shape index (κ2) is 11.5. The Morgan fingerprint density at radius 2 is 0.925 bits per heavy atom. The normalized spacial score (nSPS) is 16.0. The number of hydrogen-bond acceptors (Lipinski definition) is 10. The molecule has 10 nitrogen and oxygen atoms in total. The third-order valence-corrected chi connectivity index (χ3v) is 7.14. The van der Waals surface area contributed by atoms with E-state index in [1.807, 2.05) is 54.6 Å². The fraction of sp³-hybridized carbons (Fsp3) is 0.300. The molecule has 0 unspecified atom stereocenters. The van der Waals surface area contributed by atoms with Crippen LogP contribution in [0.3, 0.4) is 0 Å². The first kappa shape index (κ1) is 26.0. The molecule has 10 heteroatoms. The maximum absolute atomic E-state index is 6.12. The van der Waals surface area contributed by atoms with E-state index in [9.17, 15) is 0 Å². The molecule has 3 aromatic heterocycles. The van der Waals surface area contributed by atoms with Gasteiger partial charge in [-0.15, -0.1) is 20.4 Å². The molecule has 204 valence electrons. The lowest BCUT2D eigenvalue weighted by Crippen LogP contribution is -2.35. The van der Waals surface area contributed by atoms with Gasteiger partial charge in [0.1, 0.15) is 11.4 Å². The maximum Gasteiger partial charge on any atom is 0.266 e. The van der Waals surface area contributed by atoms with Crippen molar-refractivity contribution < 1.29 is 8.83 Å². The zero-order valence-corrected chi connectivity index (χ0v) is 23.0. The number of aromatic nitrogens is 5. The van der Waals surface area contributed by atoms with Crippen LogP contribution in [0.5, 0.6) is 0 Å². The molecular weight excluding hydrogens is 504 g/mol. The number of rotatable bonds is 0. The standard InChI is InChI=1S/C30H32N8O2/c1-36-15-17-37(2)19-21-9-4-6-11-23(21)27-32-34-29(39-27)25-13-8-14-26(31-25)30-35-33-28(40-30)24-12-7-5-10-22(24)20-38(3)18-16-36/h4-14H,15-20H2,1-3H3. The van der Waals surface area contributed by atoms with Gasteiger partial charge in [0, 0.05) is 50.4 Å². The Bertz CT molecular complexity index is 1480. The van der Waals surface area contributed by atoms with Crippen molar-refractivity contribution in [2.24, 2.45) is 0 Å². The van der Waals surface area contributed by atoms with Crippen LogP contribution in [0.4, 0.5) is 0 Å². The summed E-state index contributed by atoms with van der Waals surface area (Å²) in [6, 6.07) is 21.8. The third kappa shape index (κ3) is 5.69. The molecule has 4 heterocycles. The lowest BCUT2D eigenvalue weighted by molar-refractivity contribution is 0.221. The van der Waals surface area contributed by atoms with Crippen LogP contribution in [0.15, 0.2) is 75.6 Å². The van der Waals surface area contributed by atoms with E-state index in [-0.39, 0.29) is 0 Å². The largest absolute Gasteiger partial charge is 0.415 e. The first-order valence-corrected chi connectivity index (χ1v) is 13.4. The number of pyridine rings is 1. The van der Waals surface area contributed by atoms with Crippen LogP contribution in [-0.4, -0.2) is 87.4 Å². The van der Waals surface area contributed by atoms with Gasteiger partial charge in [-0.2, -0.15) is 0 Å². The number of nitrogens with zero attached hydrogens (tertiary/aromatic N) is 8. The zero-order chi connectivity index (χ0) is 27.5. The number of hydrogen-bond donors (Lipinski definition) is 0. The predicted molar refractivity (Wildman–Crippen MR) is 152 cm³/mol. The molecule has 0 N–H and O–H groups in total. The van der Waals surface area contributed by atoms with Gasteiger partial charge in [0.15, 0.2) is 0 Å². The topological polar surface area (TPSA) is 100 Å². The smallest absolute Gasteiger partial charge is 0.266 e. The second-order valence-electron chi connectivity index (χ2n) is 10.3. The van der Waals surface area contributed by atoms with Crippen molar-refractivity contribution in [1.82, 2.24) is 40.1 Å². The predicted octanol–water partition coefficient (Wildman–Crippen LogP) is 4.32. The Labute approximate surface area is 233 Å². The van der Waals surface area contributed by atoms with Crippen molar-refractivity contribution in [1.29, 1.82) is 0 Å². The molecule has 0 saturated carbocycles. The molecule has 0 spiro atoms. The van der Waals surface area contributed by atoms with Gasteiger partial charge in [-0.3, -0.25) is 0 Å². The van der Waals surface area contributed by atoms with Crippen LogP contribution < -0.4 is 0 Å². The Morgan fingerprint density at radius 3 is 1.43 bits per heavy atom. The van der Waals surface area contributed by atoms with Crippen molar-refractivity contribution in [3.63, 3.8) is 0 Å². The first-order valence-electron chi connectivity index (χ1n) is 13.4. The van der Waals surface area contributed by atoms with Gasteiger partial charge in [0.05, 0.1) is 0 Å². The van der Waals surface area contributed by atoms with Gasteiger partial charge in [-0.25, -0.2) is 4.98 Å². The van der Waals surface area contributed by atoms with Gasteiger partial charge in [-0.1, -0.05) is 42.5 Å². The van der Waals surface area contributed by atoms with E-state index in [4.69, 9.17) is 13.8 Å². The van der Waals surface area contributed by atoms with Gasteiger partial charge in [-0.05, 0) is 56.5 Å². The molecule has 0 atom stereocenters. The van der Waals surface area contributed by atoms with Crippen LogP contribution in [-0.2, 0) is 13.1 Å². The van der Waals surface area contributed by atoms with Gasteiger partial charge in [0.2, 0.25) is 11.8 Å². The Kier molecular flexibility index (Phi) is 7.45. The van der Waals surface area contributed by atoms with Crippen LogP contribution in [0.2, 0.25) is 0 Å². The minimum Gasteiger partial charge on any atom is -0.415 e. The Morgan fingerprint density at radius 1 is 0.500 bits per heavy atom. The van der Waals surface area contributed by atoms with E-state index in [0.29, 0.717) is 35.0 Å². The van der Waals surface area contributed by atoms with Crippen LogP contribution in [0.1, 0.15) is 11.1 Å². The average Bonchev–Trinajstić information content (AvgIpc) is 3.66. The average molecular weight is 537 g/mol. The SMILES string of the molecule is CN1CCN(C)Cc2ccccc2-c2nnc(o2)-c2cccc(n2)-c2nnc(o2)-c2ccccc2CN(C)CC1. The monoisotopic (exact) mass is 536 g/mol. The van der Waals surface area contributed by atoms with E-state index < -0.39 is 0 Å². The van der Waals surface area contributed by atoms with Crippen LogP contribution in [0, 0.1) is 0 Å². The Balaban J connectivity index is 1.38. The van der Waals surface area contributed by atoms with Gasteiger partial charge >= 0.3 is 0 Å². The quantitative estimate of drug-likeness (QED) is 0.284. The second-order valence-corrected chi connectivity index (χ2v) is 10.3. The molecule has 0 aliphatic carbocycles. The van der Waals surface area contributed by atoms with E-state index in [2.05, 4.69) is 68.4 Å². The summed E-state index contributed by atoms with van der Waals surface area (Å²) < 4.78 is 12.2. The van der Waals surface area contributed by atoms with E-state index in [0.717, 1.165) is 61.5 Å². The molecule has 1 aliphatic rings. The van der Waals surface area contributed by atoms with Crippen molar-refractivity contribution in [2.75, 3.05) is 47.3 Å². The lowest BCUT2D eigenvalue weighted by atomic mass is 10.1. The summed E-state index contributed by atoms with van der Waals surface area (Å²) in [6.45, 7) is 5.32. The van der Waals surface area contributed by atoms with Crippen molar-refractivity contribution in [3.8, 4) is 46.1 Å². The molecule has 6 bridgehead atoms. The van der Waals surface area contributed by atoms with Gasteiger partial charge in [0.25, 0.3) is 11.8 Å². The highest BCUT2D eigenvalue weighted by atomic mass is 16.4. The third-order valence-electron chi connectivity index (χ3n) is 7.14. The highest BCUT2D eigenvalue weighted by Gasteiger charge is 2.19. The molecule has 0 radical (unpaired) electrons. The number of likely N-dealkylation sites (N-methyl/N-ethyl adjacent to an activating group) is 3. The molecule has 0 saturated heterocycles. The minimum atomic E-state index is 0.330. The highest BCUT2D eigenvalue weighted by molar-refractivity contribution is 5.63. The lowest BCUT2D eigenvalue weighted by Gasteiger charge is -2.25. The highest BCUT2D eigenvalue weighted by Crippen LogP contribution is 2.29. The summed E-state index contributed by atoms with van der Waals surface area (Å²) in [4.78, 5) is 11.7. The van der Waals surface area contributed by atoms with E-state index in [1.165, 1.54) is 0 Å². The van der Waals surface area contributed by atoms with E-state index >= 15 is 0 Å². The fourth-order valence-corrected chi connectivity index (χ4v) is 4.81. The summed E-state index contributed by atoms with van der Waals surface area (Å²) in [6.07, 6.45) is 0. The number of benzene rings is 2. The van der Waals surface area contributed by atoms with Crippen LogP contribution in [0.25, 0.3) is 46.1 Å². The van der Waals surface area contributed by atoms with Gasteiger partial charge < -0.3 is 23.5 Å². The summed E-state index contributed by atoms with van der Waals surface area (Å²) >= 11 is 0. The van der Waals surface area contributed by atoms with Crippen LogP contribution >= 0.6 is 0 Å². The molecule has 0 amide bonds. The maximum atomic E-state index is 6.12. The van der Waals surface area contributed by atoms with Crippen molar-refractivity contribution in [3.05, 3.63) is 77.9 Å². The summed E-state index contributed by atoms with van der Waals surface area (Å²) in [7, 11) is 6.45. The number of fused-ring (bicyclic) bond motifs is 12. The molecule has 1 aliphatic heterocycles.